The molecule has 0 atom stereocenters. The monoisotopic (exact) mass is 308 g/mol. The molecule has 1 aromatic carbocycles. The second-order valence-corrected chi connectivity index (χ2v) is 5.46. The van der Waals surface area contributed by atoms with Crippen LogP contribution in [-0.2, 0) is 20.8 Å². The molecule has 0 aliphatic carbocycles. The normalized spacial score (nSPS) is 10.7. The number of esters is 1. The lowest BCUT2D eigenvalue weighted by molar-refractivity contribution is -0.140. The standard InChI is InChI=1S/C15H17FN2O4/c1-15(2,3)22-14(20)21-13(19)9-18-8-11-5-4-10(7-17)6-12(11)16/h4-6,18H,8-9H2,1-3H3. The van der Waals surface area contributed by atoms with Crippen molar-refractivity contribution in [2.45, 2.75) is 32.9 Å². The summed E-state index contributed by atoms with van der Waals surface area (Å²) in [5.41, 5.74) is -0.245. The Morgan fingerprint density at radius 3 is 2.59 bits per heavy atom. The summed E-state index contributed by atoms with van der Waals surface area (Å²) in [7, 11) is 0. The molecule has 7 heteroatoms. The van der Waals surface area contributed by atoms with Crippen LogP contribution in [0, 0.1) is 17.1 Å². The maximum Gasteiger partial charge on any atom is 0.516 e. The number of nitrogens with zero attached hydrogens (tertiary/aromatic N) is 1. The summed E-state index contributed by atoms with van der Waals surface area (Å²) in [4.78, 5) is 22.6. The molecule has 1 N–H and O–H groups in total. The Hall–Kier alpha value is -2.46. The molecule has 0 fully saturated rings. The number of ether oxygens (including phenoxy) is 2. The topological polar surface area (TPSA) is 88.4 Å². The molecule has 0 saturated carbocycles. The first kappa shape index (κ1) is 17.6. The Kier molecular flexibility index (Phi) is 6.01. The zero-order valence-corrected chi connectivity index (χ0v) is 12.6. The average molecular weight is 308 g/mol. The van der Waals surface area contributed by atoms with Crippen LogP contribution in [0.2, 0.25) is 0 Å². The molecule has 0 bridgehead atoms. The van der Waals surface area contributed by atoms with Gasteiger partial charge in [-0.15, -0.1) is 0 Å². The van der Waals surface area contributed by atoms with Crippen molar-refractivity contribution < 1.29 is 23.5 Å². The van der Waals surface area contributed by atoms with Crippen molar-refractivity contribution in [3.05, 3.63) is 35.1 Å². The van der Waals surface area contributed by atoms with Gasteiger partial charge in [0.25, 0.3) is 0 Å². The molecule has 118 valence electrons. The predicted octanol–water partition coefficient (Wildman–Crippen LogP) is 2.27. The highest BCUT2D eigenvalue weighted by Crippen LogP contribution is 2.10. The van der Waals surface area contributed by atoms with Crippen LogP contribution >= 0.6 is 0 Å². The minimum atomic E-state index is -1.08. The number of nitriles is 1. The number of carbonyl (C=O) groups is 2. The molecule has 0 radical (unpaired) electrons. The van der Waals surface area contributed by atoms with E-state index in [1.54, 1.807) is 20.8 Å². The van der Waals surface area contributed by atoms with Gasteiger partial charge in [0.2, 0.25) is 0 Å². The largest absolute Gasteiger partial charge is 0.516 e. The summed E-state index contributed by atoms with van der Waals surface area (Å²) < 4.78 is 22.8. The quantitative estimate of drug-likeness (QED) is 0.678. The van der Waals surface area contributed by atoms with Crippen LogP contribution in [0.25, 0.3) is 0 Å². The Labute approximate surface area is 127 Å². The van der Waals surface area contributed by atoms with Gasteiger partial charge in [-0.05, 0) is 32.9 Å². The molecular weight excluding hydrogens is 291 g/mol. The molecule has 0 aliphatic heterocycles. The van der Waals surface area contributed by atoms with E-state index >= 15 is 0 Å². The number of halogens is 1. The van der Waals surface area contributed by atoms with Gasteiger partial charge in [-0.1, -0.05) is 6.07 Å². The van der Waals surface area contributed by atoms with Crippen molar-refractivity contribution in [3.63, 3.8) is 0 Å². The molecule has 6 nitrogen and oxygen atoms in total. The van der Waals surface area contributed by atoms with Gasteiger partial charge in [0.15, 0.2) is 0 Å². The summed E-state index contributed by atoms with van der Waals surface area (Å²) in [6.07, 6.45) is -1.08. The molecule has 0 amide bonds. The lowest BCUT2D eigenvalue weighted by Crippen LogP contribution is -2.30. The molecule has 0 saturated heterocycles. The highest BCUT2D eigenvalue weighted by Gasteiger charge is 2.20. The van der Waals surface area contributed by atoms with E-state index in [0.29, 0.717) is 5.56 Å². The lowest BCUT2D eigenvalue weighted by atomic mass is 10.1. The highest BCUT2D eigenvalue weighted by atomic mass is 19.1. The summed E-state index contributed by atoms with van der Waals surface area (Å²) >= 11 is 0. The first-order chi connectivity index (χ1) is 10.2. The fraction of sp³-hybridized carbons (Fsp3) is 0.400. The van der Waals surface area contributed by atoms with Gasteiger partial charge >= 0.3 is 12.1 Å². The molecule has 0 heterocycles. The Balaban J connectivity index is 2.40. The molecule has 0 aliphatic rings. The summed E-state index contributed by atoms with van der Waals surface area (Å²) in [5, 5.41) is 11.3. The number of carbonyl (C=O) groups excluding carboxylic acids is 2. The number of benzene rings is 1. The Bertz CT molecular complexity index is 603. The number of hydrogen-bond acceptors (Lipinski definition) is 6. The second kappa shape index (κ2) is 7.52. The maximum atomic E-state index is 13.6. The lowest BCUT2D eigenvalue weighted by Gasteiger charge is -2.18. The predicted molar refractivity (Wildman–Crippen MR) is 75.1 cm³/mol. The van der Waals surface area contributed by atoms with Crippen LogP contribution in [0.1, 0.15) is 31.9 Å². The highest BCUT2D eigenvalue weighted by molar-refractivity contribution is 5.83. The minimum Gasteiger partial charge on any atom is -0.428 e. The first-order valence-electron chi connectivity index (χ1n) is 6.54. The summed E-state index contributed by atoms with van der Waals surface area (Å²) in [6.45, 7) is 4.71. The van der Waals surface area contributed by atoms with Crippen molar-refractivity contribution in [2.24, 2.45) is 0 Å². The van der Waals surface area contributed by atoms with Gasteiger partial charge < -0.3 is 14.8 Å². The van der Waals surface area contributed by atoms with Gasteiger partial charge in [0.1, 0.15) is 11.4 Å². The van der Waals surface area contributed by atoms with E-state index in [1.165, 1.54) is 12.1 Å². The van der Waals surface area contributed by atoms with E-state index in [1.807, 2.05) is 6.07 Å². The van der Waals surface area contributed by atoms with E-state index in [9.17, 15) is 14.0 Å². The molecule has 0 unspecified atom stereocenters. The number of hydrogen-bond donors (Lipinski definition) is 1. The Morgan fingerprint density at radius 2 is 2.05 bits per heavy atom. The van der Waals surface area contributed by atoms with Crippen LogP contribution in [0.15, 0.2) is 18.2 Å². The van der Waals surface area contributed by atoms with Crippen LogP contribution in [0.5, 0.6) is 0 Å². The number of rotatable bonds is 4. The van der Waals surface area contributed by atoms with Crippen molar-refractivity contribution in [1.29, 1.82) is 5.26 Å². The molecule has 1 rings (SSSR count). The Morgan fingerprint density at radius 1 is 1.36 bits per heavy atom. The van der Waals surface area contributed by atoms with Crippen molar-refractivity contribution in [1.82, 2.24) is 5.32 Å². The van der Waals surface area contributed by atoms with E-state index in [4.69, 9.17) is 10.00 Å². The van der Waals surface area contributed by atoms with E-state index < -0.39 is 23.5 Å². The smallest absolute Gasteiger partial charge is 0.428 e. The zero-order valence-electron chi connectivity index (χ0n) is 12.6. The molecule has 22 heavy (non-hydrogen) atoms. The van der Waals surface area contributed by atoms with Gasteiger partial charge in [-0.25, -0.2) is 9.18 Å². The van der Waals surface area contributed by atoms with Gasteiger partial charge in [-0.2, -0.15) is 5.26 Å². The third kappa shape index (κ3) is 6.33. The van der Waals surface area contributed by atoms with Crippen LogP contribution < -0.4 is 5.32 Å². The third-order valence-corrected chi connectivity index (χ3v) is 2.35. The first-order valence-corrected chi connectivity index (χ1v) is 6.54. The summed E-state index contributed by atoms with van der Waals surface area (Å²) in [5.74, 6) is -1.38. The van der Waals surface area contributed by atoms with Gasteiger partial charge in [0, 0.05) is 12.1 Å². The second-order valence-electron chi connectivity index (χ2n) is 5.46. The van der Waals surface area contributed by atoms with Crippen LogP contribution in [-0.4, -0.2) is 24.3 Å². The number of nitrogens with one attached hydrogen (secondary N) is 1. The zero-order chi connectivity index (χ0) is 16.8. The van der Waals surface area contributed by atoms with E-state index in [-0.39, 0.29) is 18.7 Å². The minimum absolute atomic E-state index is 0.0565. The van der Waals surface area contributed by atoms with Gasteiger partial charge in [0.05, 0.1) is 18.2 Å². The van der Waals surface area contributed by atoms with Crippen molar-refractivity contribution in [3.8, 4) is 6.07 Å². The summed E-state index contributed by atoms with van der Waals surface area (Å²) in [6, 6.07) is 5.85. The van der Waals surface area contributed by atoms with Crippen LogP contribution in [0.4, 0.5) is 9.18 Å². The van der Waals surface area contributed by atoms with Crippen molar-refractivity contribution >= 4 is 12.1 Å². The third-order valence-electron chi connectivity index (χ3n) is 2.35. The van der Waals surface area contributed by atoms with Crippen LogP contribution in [0.3, 0.4) is 0 Å². The maximum absolute atomic E-state index is 13.6. The molecule has 0 spiro atoms. The molecule has 1 aromatic rings. The molecular formula is C15H17FN2O4. The van der Waals surface area contributed by atoms with E-state index in [2.05, 4.69) is 10.1 Å². The van der Waals surface area contributed by atoms with Gasteiger partial charge in [-0.3, -0.25) is 4.79 Å². The van der Waals surface area contributed by atoms with Crippen molar-refractivity contribution in [2.75, 3.05) is 6.54 Å². The fourth-order valence-corrected chi connectivity index (χ4v) is 1.46. The molecule has 0 aromatic heterocycles. The van der Waals surface area contributed by atoms with E-state index in [0.717, 1.165) is 6.07 Å². The fourth-order valence-electron chi connectivity index (χ4n) is 1.46. The average Bonchev–Trinajstić information content (AvgIpc) is 2.38. The SMILES string of the molecule is CC(C)(C)OC(=O)OC(=O)CNCc1ccc(C#N)cc1F.